The Balaban J connectivity index is 1.69. The Morgan fingerprint density at radius 3 is 3.15 bits per heavy atom. The number of rotatable bonds is 5. The zero-order valence-electron chi connectivity index (χ0n) is 11.1. The predicted octanol–water partition coefficient (Wildman–Crippen LogP) is 3.07. The van der Waals surface area contributed by atoms with Gasteiger partial charge in [-0.3, -0.25) is 10.1 Å². The fourth-order valence-corrected chi connectivity index (χ4v) is 2.64. The number of hydrogen-bond acceptors (Lipinski definition) is 5. The third-order valence-electron chi connectivity index (χ3n) is 3.03. The minimum absolute atomic E-state index is 0.190. The van der Waals surface area contributed by atoms with Gasteiger partial charge in [0.1, 0.15) is 0 Å². The quantitative estimate of drug-likeness (QED) is 0.918. The molecule has 0 spiro atoms. The molecule has 1 aliphatic carbocycles. The molecular formula is C14H15N3O2S. The molecule has 1 amide bonds. The summed E-state index contributed by atoms with van der Waals surface area (Å²) in [6.45, 7) is 2.40. The van der Waals surface area contributed by atoms with Crippen LogP contribution in [0.3, 0.4) is 0 Å². The molecule has 0 bridgehead atoms. The number of amides is 1. The van der Waals surface area contributed by atoms with Crippen LogP contribution < -0.4 is 10.1 Å². The number of nitrogens with zero attached hydrogens (tertiary/aromatic N) is 2. The summed E-state index contributed by atoms with van der Waals surface area (Å²) in [5.74, 6) is 0.866. The first-order chi connectivity index (χ1) is 9.76. The second-order valence-electron chi connectivity index (χ2n) is 4.62. The average molecular weight is 289 g/mol. The lowest BCUT2D eigenvalue weighted by Gasteiger charge is -2.04. The highest BCUT2D eigenvalue weighted by atomic mass is 32.1. The Morgan fingerprint density at radius 1 is 1.55 bits per heavy atom. The molecule has 1 saturated carbocycles. The third-order valence-corrected chi connectivity index (χ3v) is 3.80. The van der Waals surface area contributed by atoms with Crippen LogP contribution in [-0.2, 0) is 0 Å². The van der Waals surface area contributed by atoms with Crippen LogP contribution in [0.25, 0.3) is 0 Å². The Kier molecular flexibility index (Phi) is 3.64. The normalized spacial score (nSPS) is 14.1. The fraction of sp³-hybridized carbons (Fsp3) is 0.357. The SMILES string of the molecule is CCOc1cc(C(=O)Nc2nc(C3CC3)cs2)ccn1. The Morgan fingerprint density at radius 2 is 2.40 bits per heavy atom. The standard InChI is InChI=1S/C14H15N3O2S/c1-2-19-12-7-10(5-6-15-12)13(18)17-14-16-11(8-20-14)9-3-4-9/h5-9H,2-4H2,1H3,(H,16,17,18). The van der Waals surface area contributed by atoms with Crippen molar-refractivity contribution in [1.82, 2.24) is 9.97 Å². The van der Waals surface area contributed by atoms with Crippen molar-refractivity contribution in [3.05, 3.63) is 35.0 Å². The van der Waals surface area contributed by atoms with Crippen LogP contribution >= 0.6 is 11.3 Å². The first-order valence-corrected chi connectivity index (χ1v) is 7.50. The Labute approximate surface area is 121 Å². The first kappa shape index (κ1) is 13.1. The average Bonchev–Trinajstić information content (AvgIpc) is 3.20. The van der Waals surface area contributed by atoms with Crippen molar-refractivity contribution in [1.29, 1.82) is 0 Å². The monoisotopic (exact) mass is 289 g/mol. The number of ether oxygens (including phenoxy) is 1. The number of anilines is 1. The van der Waals surface area contributed by atoms with Crippen molar-refractivity contribution >= 4 is 22.4 Å². The number of nitrogens with one attached hydrogen (secondary N) is 1. The number of carbonyl (C=O) groups excluding carboxylic acids is 1. The van der Waals surface area contributed by atoms with Gasteiger partial charge in [-0.2, -0.15) is 0 Å². The van der Waals surface area contributed by atoms with E-state index in [1.807, 2.05) is 12.3 Å². The first-order valence-electron chi connectivity index (χ1n) is 6.62. The van der Waals surface area contributed by atoms with Crippen molar-refractivity contribution in [3.8, 4) is 5.88 Å². The van der Waals surface area contributed by atoms with Crippen LogP contribution in [0.15, 0.2) is 23.7 Å². The van der Waals surface area contributed by atoms with Gasteiger partial charge >= 0.3 is 0 Å². The highest BCUT2D eigenvalue weighted by Crippen LogP contribution is 2.40. The number of aromatic nitrogens is 2. The second-order valence-corrected chi connectivity index (χ2v) is 5.48. The minimum Gasteiger partial charge on any atom is -0.478 e. The maximum atomic E-state index is 12.1. The van der Waals surface area contributed by atoms with Gasteiger partial charge in [-0.25, -0.2) is 9.97 Å². The molecule has 0 aliphatic heterocycles. The molecule has 20 heavy (non-hydrogen) atoms. The van der Waals surface area contributed by atoms with E-state index < -0.39 is 0 Å². The van der Waals surface area contributed by atoms with E-state index in [-0.39, 0.29) is 5.91 Å². The third kappa shape index (κ3) is 2.96. The fourth-order valence-electron chi connectivity index (χ4n) is 1.86. The molecule has 0 saturated heterocycles. The summed E-state index contributed by atoms with van der Waals surface area (Å²) in [4.78, 5) is 20.6. The minimum atomic E-state index is -0.190. The molecule has 1 fully saturated rings. The van der Waals surface area contributed by atoms with Gasteiger partial charge in [-0.15, -0.1) is 11.3 Å². The van der Waals surface area contributed by atoms with Gasteiger partial charge < -0.3 is 4.74 Å². The lowest BCUT2D eigenvalue weighted by Crippen LogP contribution is -2.12. The molecule has 3 rings (SSSR count). The zero-order chi connectivity index (χ0) is 13.9. The van der Waals surface area contributed by atoms with Crippen molar-refractivity contribution in [2.45, 2.75) is 25.7 Å². The van der Waals surface area contributed by atoms with Gasteiger partial charge in [0.05, 0.1) is 12.3 Å². The molecule has 104 valence electrons. The van der Waals surface area contributed by atoms with E-state index in [1.165, 1.54) is 24.2 Å². The van der Waals surface area contributed by atoms with Crippen LogP contribution in [0, 0.1) is 0 Å². The largest absolute Gasteiger partial charge is 0.478 e. The number of carbonyl (C=O) groups is 1. The van der Waals surface area contributed by atoms with Gasteiger partial charge in [0.15, 0.2) is 5.13 Å². The molecule has 2 aromatic heterocycles. The smallest absolute Gasteiger partial charge is 0.257 e. The second kappa shape index (κ2) is 5.58. The molecule has 0 radical (unpaired) electrons. The summed E-state index contributed by atoms with van der Waals surface area (Å²) in [6, 6.07) is 3.29. The molecule has 2 aromatic rings. The van der Waals surface area contributed by atoms with Crippen molar-refractivity contribution in [2.75, 3.05) is 11.9 Å². The van der Waals surface area contributed by atoms with E-state index in [9.17, 15) is 4.79 Å². The van der Waals surface area contributed by atoms with Gasteiger partial charge in [-0.05, 0) is 25.8 Å². The summed E-state index contributed by atoms with van der Waals surface area (Å²) < 4.78 is 5.29. The summed E-state index contributed by atoms with van der Waals surface area (Å²) >= 11 is 1.47. The topological polar surface area (TPSA) is 64.1 Å². The molecule has 0 atom stereocenters. The van der Waals surface area contributed by atoms with Gasteiger partial charge in [0.25, 0.3) is 5.91 Å². The van der Waals surface area contributed by atoms with Crippen molar-refractivity contribution in [3.63, 3.8) is 0 Å². The molecule has 6 heteroatoms. The van der Waals surface area contributed by atoms with E-state index in [4.69, 9.17) is 4.74 Å². The lowest BCUT2D eigenvalue weighted by molar-refractivity contribution is 0.102. The summed E-state index contributed by atoms with van der Waals surface area (Å²) in [5, 5.41) is 5.48. The van der Waals surface area contributed by atoms with Crippen LogP contribution in [0.5, 0.6) is 5.88 Å². The van der Waals surface area contributed by atoms with Crippen LogP contribution in [0.2, 0.25) is 0 Å². The number of thiazole rings is 1. The maximum Gasteiger partial charge on any atom is 0.257 e. The maximum absolute atomic E-state index is 12.1. The van der Waals surface area contributed by atoms with Gasteiger partial charge in [0.2, 0.25) is 5.88 Å². The molecular weight excluding hydrogens is 274 g/mol. The molecule has 5 nitrogen and oxygen atoms in total. The Bertz CT molecular complexity index is 622. The van der Waals surface area contributed by atoms with E-state index in [0.29, 0.717) is 29.1 Å². The predicted molar refractivity (Wildman–Crippen MR) is 77.4 cm³/mol. The van der Waals surface area contributed by atoms with E-state index in [0.717, 1.165) is 5.69 Å². The highest BCUT2D eigenvalue weighted by molar-refractivity contribution is 7.14. The van der Waals surface area contributed by atoms with Gasteiger partial charge in [-0.1, -0.05) is 0 Å². The number of hydrogen-bond donors (Lipinski definition) is 1. The summed E-state index contributed by atoms with van der Waals surface area (Å²) in [7, 11) is 0. The van der Waals surface area contributed by atoms with Crippen LogP contribution in [-0.4, -0.2) is 22.5 Å². The van der Waals surface area contributed by atoms with Crippen LogP contribution in [0.1, 0.15) is 41.7 Å². The summed E-state index contributed by atoms with van der Waals surface area (Å²) in [6.07, 6.45) is 3.98. The van der Waals surface area contributed by atoms with Crippen molar-refractivity contribution < 1.29 is 9.53 Å². The molecule has 2 heterocycles. The highest BCUT2D eigenvalue weighted by Gasteiger charge is 2.26. The summed E-state index contributed by atoms with van der Waals surface area (Å²) in [5.41, 5.74) is 1.61. The van der Waals surface area contributed by atoms with E-state index in [1.54, 1.807) is 18.3 Å². The zero-order valence-corrected chi connectivity index (χ0v) is 11.9. The molecule has 1 N–H and O–H groups in total. The lowest BCUT2D eigenvalue weighted by atomic mass is 10.2. The Hall–Kier alpha value is -1.95. The molecule has 1 aliphatic rings. The van der Waals surface area contributed by atoms with E-state index >= 15 is 0 Å². The van der Waals surface area contributed by atoms with Gasteiger partial charge in [0, 0.05) is 29.1 Å². The number of pyridine rings is 1. The molecule has 0 unspecified atom stereocenters. The molecule has 0 aromatic carbocycles. The van der Waals surface area contributed by atoms with Crippen molar-refractivity contribution in [2.24, 2.45) is 0 Å². The van der Waals surface area contributed by atoms with E-state index in [2.05, 4.69) is 15.3 Å². The van der Waals surface area contributed by atoms with Crippen LogP contribution in [0.4, 0.5) is 5.13 Å².